The minimum Gasteiger partial charge on any atom is -0.462 e. The van der Waals surface area contributed by atoms with Crippen LogP contribution in [0.4, 0.5) is 0 Å². The third kappa shape index (κ3) is 47.1. The van der Waals surface area contributed by atoms with Crippen LogP contribution in [0.3, 0.4) is 0 Å². The van der Waals surface area contributed by atoms with Gasteiger partial charge in [0, 0.05) is 19.3 Å². The molecule has 0 spiro atoms. The molecule has 0 radical (unpaired) electrons. The highest BCUT2D eigenvalue weighted by atomic mass is 16.6. The zero-order valence-electron chi connectivity index (χ0n) is 39.8. The molecule has 0 saturated heterocycles. The largest absolute Gasteiger partial charge is 0.462 e. The van der Waals surface area contributed by atoms with Crippen LogP contribution in [0.1, 0.15) is 290 Å². The summed E-state index contributed by atoms with van der Waals surface area (Å²) in [5.74, 6) is -0.859. The molecule has 6 nitrogen and oxygen atoms in total. The summed E-state index contributed by atoms with van der Waals surface area (Å²) >= 11 is 0. The van der Waals surface area contributed by atoms with E-state index < -0.39 is 6.10 Å². The number of allylic oxidation sites excluding steroid dienone is 2. The van der Waals surface area contributed by atoms with Gasteiger partial charge in [-0.2, -0.15) is 0 Å². The smallest absolute Gasteiger partial charge is 0.306 e. The lowest BCUT2D eigenvalue weighted by Gasteiger charge is -2.18. The summed E-state index contributed by atoms with van der Waals surface area (Å²) in [6.07, 6.45) is 53.3. The highest BCUT2D eigenvalue weighted by Gasteiger charge is 2.19. The van der Waals surface area contributed by atoms with E-state index in [0.29, 0.717) is 19.3 Å². The van der Waals surface area contributed by atoms with Gasteiger partial charge in [0.1, 0.15) is 13.2 Å². The SMILES string of the molecule is CCCCCC/C=C/CCCCCCCC(=O)O[C@H](COC(=O)CCCCCCCCCCCCCCC)COC(=O)CCCCCCCCCCCCCCCCC. The van der Waals surface area contributed by atoms with Crippen LogP contribution in [0, 0.1) is 0 Å². The maximum atomic E-state index is 12.8. The van der Waals surface area contributed by atoms with Crippen molar-refractivity contribution in [3.63, 3.8) is 0 Å². The summed E-state index contributed by atoms with van der Waals surface area (Å²) in [5.41, 5.74) is 0. The van der Waals surface area contributed by atoms with Crippen molar-refractivity contribution in [3.8, 4) is 0 Å². The molecule has 0 aliphatic carbocycles. The van der Waals surface area contributed by atoms with Crippen LogP contribution < -0.4 is 0 Å². The second-order valence-corrected chi connectivity index (χ2v) is 17.8. The van der Waals surface area contributed by atoms with Gasteiger partial charge in [-0.3, -0.25) is 14.4 Å². The molecule has 0 aliphatic rings. The van der Waals surface area contributed by atoms with E-state index in [2.05, 4.69) is 32.9 Å². The summed E-state index contributed by atoms with van der Waals surface area (Å²) in [5, 5.41) is 0. The Bertz CT molecular complexity index is 916. The molecule has 0 amide bonds. The van der Waals surface area contributed by atoms with Crippen LogP contribution in [0.2, 0.25) is 0 Å². The van der Waals surface area contributed by atoms with Crippen molar-refractivity contribution in [1.82, 2.24) is 0 Å². The Morgan fingerprint density at radius 1 is 0.322 bits per heavy atom. The maximum absolute atomic E-state index is 12.8. The summed E-state index contributed by atoms with van der Waals surface area (Å²) in [6, 6.07) is 0. The molecule has 0 unspecified atom stereocenters. The number of esters is 3. The third-order valence-corrected chi connectivity index (χ3v) is 11.8. The summed E-state index contributed by atoms with van der Waals surface area (Å²) < 4.78 is 16.8. The fraction of sp³-hybridized carbons (Fsp3) is 0.906. The number of unbranched alkanes of at least 4 members (excludes halogenated alkanes) is 35. The Morgan fingerprint density at radius 2 is 0.559 bits per heavy atom. The average molecular weight is 833 g/mol. The monoisotopic (exact) mass is 833 g/mol. The predicted octanol–water partition coefficient (Wildman–Crippen LogP) is 17.0. The van der Waals surface area contributed by atoms with Crippen LogP contribution >= 0.6 is 0 Å². The number of carbonyl (C=O) groups excluding carboxylic acids is 3. The van der Waals surface area contributed by atoms with Gasteiger partial charge < -0.3 is 14.2 Å². The van der Waals surface area contributed by atoms with Gasteiger partial charge in [-0.25, -0.2) is 0 Å². The Morgan fingerprint density at radius 3 is 0.864 bits per heavy atom. The van der Waals surface area contributed by atoms with Crippen molar-refractivity contribution in [3.05, 3.63) is 12.2 Å². The number of ether oxygens (including phenoxy) is 3. The number of carbonyl (C=O) groups is 3. The van der Waals surface area contributed by atoms with Gasteiger partial charge >= 0.3 is 17.9 Å². The van der Waals surface area contributed by atoms with Gasteiger partial charge in [-0.15, -0.1) is 0 Å². The molecule has 0 aromatic carbocycles. The van der Waals surface area contributed by atoms with Crippen molar-refractivity contribution in [2.75, 3.05) is 13.2 Å². The molecule has 0 bridgehead atoms. The standard InChI is InChI=1S/C53H100O6/c1-4-7-10-13-16-19-22-25-26-29-31-34-37-40-43-46-52(55)58-49-50(59-53(56)47-44-41-38-35-32-28-24-21-18-15-12-9-6-3)48-57-51(54)45-42-39-36-33-30-27-23-20-17-14-11-8-5-2/h21,24,50H,4-20,22-23,25-49H2,1-3H3/b24-21+/t50-/m1/s1. The molecule has 0 aromatic rings. The molecular weight excluding hydrogens is 733 g/mol. The maximum Gasteiger partial charge on any atom is 0.306 e. The van der Waals surface area contributed by atoms with Crippen LogP contribution in [-0.2, 0) is 28.6 Å². The average Bonchev–Trinajstić information content (AvgIpc) is 3.23. The zero-order valence-corrected chi connectivity index (χ0v) is 39.8. The number of rotatable bonds is 48. The van der Waals surface area contributed by atoms with Gasteiger partial charge in [0.05, 0.1) is 0 Å². The summed E-state index contributed by atoms with van der Waals surface area (Å²) in [6.45, 7) is 6.65. The van der Waals surface area contributed by atoms with Gasteiger partial charge in [-0.1, -0.05) is 238 Å². The van der Waals surface area contributed by atoms with Crippen molar-refractivity contribution in [2.24, 2.45) is 0 Å². The Labute approximate surface area is 367 Å². The van der Waals surface area contributed by atoms with Crippen molar-refractivity contribution >= 4 is 17.9 Å². The molecule has 0 fully saturated rings. The topological polar surface area (TPSA) is 78.9 Å². The molecular formula is C53H100O6. The quantitative estimate of drug-likeness (QED) is 0.0263. The second kappa shape index (κ2) is 48.8. The van der Waals surface area contributed by atoms with E-state index in [4.69, 9.17) is 14.2 Å². The van der Waals surface area contributed by atoms with Gasteiger partial charge in [0.2, 0.25) is 0 Å². The molecule has 0 N–H and O–H groups in total. The minimum atomic E-state index is -0.767. The first-order valence-corrected chi connectivity index (χ1v) is 26.2. The Balaban J connectivity index is 4.33. The highest BCUT2D eigenvalue weighted by Crippen LogP contribution is 2.16. The van der Waals surface area contributed by atoms with Gasteiger partial charge in [-0.05, 0) is 44.9 Å². The zero-order chi connectivity index (χ0) is 43.0. The van der Waals surface area contributed by atoms with Crippen LogP contribution in [0.15, 0.2) is 12.2 Å². The van der Waals surface area contributed by atoms with Gasteiger partial charge in [0.25, 0.3) is 0 Å². The lowest BCUT2D eigenvalue weighted by molar-refractivity contribution is -0.167. The first kappa shape index (κ1) is 57.1. The highest BCUT2D eigenvalue weighted by molar-refractivity contribution is 5.71. The van der Waals surface area contributed by atoms with E-state index in [1.807, 2.05) is 0 Å². The van der Waals surface area contributed by atoms with E-state index in [1.54, 1.807) is 0 Å². The lowest BCUT2D eigenvalue weighted by Crippen LogP contribution is -2.30. The molecule has 6 heteroatoms. The molecule has 0 rings (SSSR count). The fourth-order valence-corrected chi connectivity index (χ4v) is 7.79. The number of hydrogen-bond acceptors (Lipinski definition) is 6. The molecule has 0 saturated carbocycles. The second-order valence-electron chi connectivity index (χ2n) is 17.8. The predicted molar refractivity (Wildman–Crippen MR) is 252 cm³/mol. The summed E-state index contributed by atoms with van der Waals surface area (Å²) in [7, 11) is 0. The van der Waals surface area contributed by atoms with Gasteiger partial charge in [0.15, 0.2) is 6.10 Å². The lowest BCUT2D eigenvalue weighted by atomic mass is 10.0. The van der Waals surface area contributed by atoms with Crippen molar-refractivity contribution in [2.45, 2.75) is 297 Å². The number of hydrogen-bond donors (Lipinski definition) is 0. The van der Waals surface area contributed by atoms with Crippen molar-refractivity contribution in [1.29, 1.82) is 0 Å². The van der Waals surface area contributed by atoms with E-state index in [-0.39, 0.29) is 31.1 Å². The molecule has 0 aliphatic heterocycles. The molecule has 0 aromatic heterocycles. The molecule has 1 atom stereocenters. The third-order valence-electron chi connectivity index (χ3n) is 11.8. The van der Waals surface area contributed by atoms with E-state index in [9.17, 15) is 14.4 Å². The van der Waals surface area contributed by atoms with Crippen molar-refractivity contribution < 1.29 is 28.6 Å². The molecule has 348 valence electrons. The Kier molecular flexibility index (Phi) is 47.3. The minimum absolute atomic E-state index is 0.0680. The van der Waals surface area contributed by atoms with Crippen LogP contribution in [-0.4, -0.2) is 37.2 Å². The van der Waals surface area contributed by atoms with E-state index >= 15 is 0 Å². The van der Waals surface area contributed by atoms with Crippen LogP contribution in [0.25, 0.3) is 0 Å². The Hall–Kier alpha value is -1.85. The first-order valence-electron chi connectivity index (χ1n) is 26.2. The molecule has 59 heavy (non-hydrogen) atoms. The normalized spacial score (nSPS) is 12.0. The summed E-state index contributed by atoms with van der Waals surface area (Å²) in [4.78, 5) is 37.9. The first-order chi connectivity index (χ1) is 29.0. The fourth-order valence-electron chi connectivity index (χ4n) is 7.79. The van der Waals surface area contributed by atoms with Crippen LogP contribution in [0.5, 0.6) is 0 Å². The van der Waals surface area contributed by atoms with E-state index in [1.165, 1.54) is 186 Å². The van der Waals surface area contributed by atoms with E-state index in [0.717, 1.165) is 64.2 Å². The molecule has 0 heterocycles.